The number of esters is 1. The number of rotatable bonds is 5. The first kappa shape index (κ1) is 14.0. The predicted octanol–water partition coefficient (Wildman–Crippen LogP) is 2.86. The summed E-state index contributed by atoms with van der Waals surface area (Å²) in [7, 11) is 1.38. The number of methoxy groups -OCH3 is 1. The minimum atomic E-state index is -0.236. The van der Waals surface area contributed by atoms with E-state index in [-0.39, 0.29) is 5.97 Å². The van der Waals surface area contributed by atoms with Gasteiger partial charge in [-0.3, -0.25) is 4.79 Å². The lowest BCUT2D eigenvalue weighted by atomic mass is 10.2. The van der Waals surface area contributed by atoms with E-state index in [4.69, 9.17) is 5.26 Å². The second kappa shape index (κ2) is 6.68. The maximum Gasteiger partial charge on any atom is 0.305 e. The first-order valence-corrected chi connectivity index (χ1v) is 6.87. The largest absolute Gasteiger partial charge is 0.469 e. The fraction of sp³-hybridized carbons (Fsp3) is 0.214. The smallest absolute Gasteiger partial charge is 0.305 e. The summed E-state index contributed by atoms with van der Waals surface area (Å²) in [5, 5.41) is 14.6. The molecule has 2 rings (SSSR count). The molecule has 5 nitrogen and oxygen atoms in total. The number of anilines is 2. The molecular formula is C14H13N3O2S. The molecule has 6 heteroatoms. The number of benzene rings is 1. The van der Waals surface area contributed by atoms with E-state index in [0.717, 1.165) is 16.5 Å². The van der Waals surface area contributed by atoms with Gasteiger partial charge in [-0.05, 0) is 24.3 Å². The molecule has 0 spiro atoms. The van der Waals surface area contributed by atoms with Gasteiger partial charge in [-0.1, -0.05) is 0 Å². The summed E-state index contributed by atoms with van der Waals surface area (Å²) in [5.41, 5.74) is 2.35. The minimum Gasteiger partial charge on any atom is -0.469 e. The third kappa shape index (κ3) is 3.80. The monoisotopic (exact) mass is 287 g/mol. The molecule has 102 valence electrons. The molecule has 1 aromatic carbocycles. The van der Waals surface area contributed by atoms with Gasteiger partial charge in [0.15, 0.2) is 5.13 Å². The Morgan fingerprint density at radius 3 is 2.85 bits per heavy atom. The van der Waals surface area contributed by atoms with E-state index in [9.17, 15) is 4.79 Å². The summed E-state index contributed by atoms with van der Waals surface area (Å²) in [6, 6.07) is 9.21. The van der Waals surface area contributed by atoms with Crippen LogP contribution in [0.4, 0.5) is 10.8 Å². The molecule has 0 aliphatic rings. The van der Waals surface area contributed by atoms with Gasteiger partial charge in [0.05, 0.1) is 30.9 Å². The highest BCUT2D eigenvalue weighted by Gasteiger charge is 2.06. The molecule has 0 aliphatic heterocycles. The number of nitrogens with zero attached hydrogens (tertiary/aromatic N) is 2. The maximum absolute atomic E-state index is 11.1. The second-order valence-corrected chi connectivity index (χ2v) is 4.89. The normalized spacial score (nSPS) is 9.80. The number of ether oxygens (including phenoxy) is 1. The molecule has 0 radical (unpaired) electrons. The van der Waals surface area contributed by atoms with Crippen molar-refractivity contribution in [2.75, 3.05) is 12.4 Å². The topological polar surface area (TPSA) is 75.0 Å². The van der Waals surface area contributed by atoms with E-state index in [1.165, 1.54) is 18.4 Å². The van der Waals surface area contributed by atoms with Crippen molar-refractivity contribution < 1.29 is 9.53 Å². The maximum atomic E-state index is 11.1. The van der Waals surface area contributed by atoms with E-state index >= 15 is 0 Å². The number of hydrogen-bond acceptors (Lipinski definition) is 6. The molecular weight excluding hydrogens is 274 g/mol. The fourth-order valence-electron chi connectivity index (χ4n) is 1.56. The number of thiazole rings is 1. The first-order chi connectivity index (χ1) is 9.71. The van der Waals surface area contributed by atoms with Crippen LogP contribution >= 0.6 is 11.3 Å². The Hall–Kier alpha value is -2.39. The van der Waals surface area contributed by atoms with E-state index in [0.29, 0.717) is 18.4 Å². The molecule has 0 unspecified atom stereocenters. The average Bonchev–Trinajstić information content (AvgIpc) is 2.93. The standard InChI is InChI=1S/C14H13N3O2S/c1-19-13(18)7-6-12-9-20-14(17-12)16-11-4-2-10(8-15)3-5-11/h2-5,9H,6-7H2,1H3,(H,16,17). The Morgan fingerprint density at radius 1 is 1.45 bits per heavy atom. The van der Waals surface area contributed by atoms with Crippen LogP contribution in [0.2, 0.25) is 0 Å². The molecule has 0 aliphatic carbocycles. The van der Waals surface area contributed by atoms with Crippen molar-refractivity contribution in [3.05, 3.63) is 40.9 Å². The number of hydrogen-bond donors (Lipinski definition) is 1. The van der Waals surface area contributed by atoms with Gasteiger partial charge in [0, 0.05) is 17.5 Å². The van der Waals surface area contributed by atoms with Gasteiger partial charge < -0.3 is 10.1 Å². The van der Waals surface area contributed by atoms with Crippen molar-refractivity contribution >= 4 is 28.1 Å². The van der Waals surface area contributed by atoms with Crippen LogP contribution in [0.3, 0.4) is 0 Å². The molecule has 0 saturated heterocycles. The highest BCUT2D eigenvalue weighted by molar-refractivity contribution is 7.13. The number of carbonyl (C=O) groups is 1. The molecule has 1 heterocycles. The molecule has 2 aromatic rings. The zero-order valence-electron chi connectivity index (χ0n) is 10.9. The summed E-state index contributed by atoms with van der Waals surface area (Å²) < 4.78 is 4.59. The molecule has 0 bridgehead atoms. The van der Waals surface area contributed by atoms with E-state index < -0.39 is 0 Å². The summed E-state index contributed by atoms with van der Waals surface area (Å²) in [4.78, 5) is 15.4. The Morgan fingerprint density at radius 2 is 2.20 bits per heavy atom. The van der Waals surface area contributed by atoms with Gasteiger partial charge in [0.1, 0.15) is 0 Å². The molecule has 0 fully saturated rings. The molecule has 1 aromatic heterocycles. The highest BCUT2D eigenvalue weighted by Crippen LogP contribution is 2.21. The van der Waals surface area contributed by atoms with Crippen molar-refractivity contribution in [1.29, 1.82) is 5.26 Å². The van der Waals surface area contributed by atoms with E-state index in [2.05, 4.69) is 21.1 Å². The van der Waals surface area contributed by atoms with Gasteiger partial charge >= 0.3 is 5.97 Å². The van der Waals surface area contributed by atoms with Crippen LogP contribution in [0.1, 0.15) is 17.7 Å². The average molecular weight is 287 g/mol. The van der Waals surface area contributed by atoms with Crippen molar-refractivity contribution in [1.82, 2.24) is 4.98 Å². The van der Waals surface area contributed by atoms with Crippen molar-refractivity contribution in [3.63, 3.8) is 0 Å². The predicted molar refractivity (Wildman–Crippen MR) is 76.9 cm³/mol. The van der Waals surface area contributed by atoms with Gasteiger partial charge in [-0.15, -0.1) is 11.3 Å². The van der Waals surface area contributed by atoms with Gasteiger partial charge in [-0.2, -0.15) is 5.26 Å². The van der Waals surface area contributed by atoms with Gasteiger partial charge in [-0.25, -0.2) is 4.98 Å². The Kier molecular flexibility index (Phi) is 4.69. The Labute approximate surface area is 120 Å². The summed E-state index contributed by atoms with van der Waals surface area (Å²) in [5.74, 6) is -0.236. The fourth-order valence-corrected chi connectivity index (χ4v) is 2.33. The third-order valence-corrected chi connectivity index (χ3v) is 3.44. The SMILES string of the molecule is COC(=O)CCc1csc(Nc2ccc(C#N)cc2)n1. The molecule has 0 atom stereocenters. The zero-order valence-corrected chi connectivity index (χ0v) is 11.7. The van der Waals surface area contributed by atoms with Crippen LogP contribution in [0.25, 0.3) is 0 Å². The second-order valence-electron chi connectivity index (χ2n) is 4.03. The van der Waals surface area contributed by atoms with E-state index in [1.54, 1.807) is 12.1 Å². The van der Waals surface area contributed by atoms with Crippen molar-refractivity contribution in [3.8, 4) is 6.07 Å². The Balaban J connectivity index is 1.95. The van der Waals surface area contributed by atoms with Gasteiger partial charge in [0.25, 0.3) is 0 Å². The van der Waals surface area contributed by atoms with Gasteiger partial charge in [0.2, 0.25) is 0 Å². The molecule has 0 amide bonds. The van der Waals surface area contributed by atoms with Crippen LogP contribution in [-0.2, 0) is 16.0 Å². The summed E-state index contributed by atoms with van der Waals surface area (Å²) >= 11 is 1.47. The number of nitriles is 1. The van der Waals surface area contributed by atoms with Crippen molar-refractivity contribution in [2.45, 2.75) is 12.8 Å². The highest BCUT2D eigenvalue weighted by atomic mass is 32.1. The minimum absolute atomic E-state index is 0.236. The molecule has 1 N–H and O–H groups in total. The number of aryl methyl sites for hydroxylation is 1. The lowest BCUT2D eigenvalue weighted by Gasteiger charge is -2.01. The van der Waals surface area contributed by atoms with Crippen LogP contribution in [0.5, 0.6) is 0 Å². The van der Waals surface area contributed by atoms with E-state index in [1.807, 2.05) is 17.5 Å². The zero-order chi connectivity index (χ0) is 14.4. The number of carbonyl (C=O) groups excluding carboxylic acids is 1. The molecule has 0 saturated carbocycles. The van der Waals surface area contributed by atoms with Crippen LogP contribution < -0.4 is 5.32 Å². The number of nitrogens with one attached hydrogen (secondary N) is 1. The molecule has 20 heavy (non-hydrogen) atoms. The summed E-state index contributed by atoms with van der Waals surface area (Å²) in [6.45, 7) is 0. The Bertz CT molecular complexity index is 629. The summed E-state index contributed by atoms with van der Waals surface area (Å²) in [6.07, 6.45) is 0.898. The van der Waals surface area contributed by atoms with Crippen LogP contribution in [-0.4, -0.2) is 18.1 Å². The quantitative estimate of drug-likeness (QED) is 0.856. The van der Waals surface area contributed by atoms with Crippen LogP contribution in [0, 0.1) is 11.3 Å². The van der Waals surface area contributed by atoms with Crippen molar-refractivity contribution in [2.24, 2.45) is 0 Å². The lowest BCUT2D eigenvalue weighted by molar-refractivity contribution is -0.140. The first-order valence-electron chi connectivity index (χ1n) is 5.99. The van der Waals surface area contributed by atoms with Crippen LogP contribution in [0.15, 0.2) is 29.6 Å². The third-order valence-electron chi connectivity index (χ3n) is 2.63. The lowest BCUT2D eigenvalue weighted by Crippen LogP contribution is -2.02. The number of aromatic nitrogens is 1.